The number of nitrogens with zero attached hydrogens (tertiary/aromatic N) is 3. The Balaban J connectivity index is 2.27. The lowest BCUT2D eigenvalue weighted by atomic mass is 10.1. The summed E-state index contributed by atoms with van der Waals surface area (Å²) in [4.78, 5) is 9.26. The molecule has 1 aromatic heterocycles. The molecule has 2 heterocycles. The fraction of sp³-hybridized carbons (Fsp3) is 0.615. The monoisotopic (exact) mass is 234 g/mol. The van der Waals surface area contributed by atoms with Crippen LogP contribution in [0.2, 0.25) is 0 Å². The highest BCUT2D eigenvalue weighted by Gasteiger charge is 2.24. The second kappa shape index (κ2) is 5.02. The van der Waals surface area contributed by atoms with Crippen molar-refractivity contribution in [2.24, 2.45) is 5.73 Å². The molecule has 0 amide bonds. The number of piperazine rings is 1. The normalized spacial score (nSPS) is 23.8. The molecule has 2 atom stereocenters. The van der Waals surface area contributed by atoms with Crippen LogP contribution in [-0.2, 0) is 0 Å². The summed E-state index contributed by atoms with van der Waals surface area (Å²) >= 11 is 0. The van der Waals surface area contributed by atoms with Gasteiger partial charge in [0.15, 0.2) is 0 Å². The molecule has 1 saturated heterocycles. The number of rotatable bonds is 2. The molecule has 1 aliphatic rings. The summed E-state index contributed by atoms with van der Waals surface area (Å²) in [6, 6.07) is 4.56. The summed E-state index contributed by atoms with van der Waals surface area (Å²) in [6.07, 6.45) is 1.85. The summed E-state index contributed by atoms with van der Waals surface area (Å²) in [5.74, 6) is 1.06. The number of nitrogens with two attached hydrogens (primary N) is 1. The van der Waals surface area contributed by atoms with Gasteiger partial charge in [0, 0.05) is 43.5 Å². The average molecular weight is 234 g/mol. The van der Waals surface area contributed by atoms with E-state index in [0.717, 1.165) is 31.0 Å². The first-order chi connectivity index (χ1) is 8.09. The Hall–Kier alpha value is -1.13. The number of anilines is 1. The zero-order chi connectivity index (χ0) is 12.4. The van der Waals surface area contributed by atoms with E-state index in [1.54, 1.807) is 0 Å². The van der Waals surface area contributed by atoms with Crippen molar-refractivity contribution in [1.82, 2.24) is 9.88 Å². The van der Waals surface area contributed by atoms with E-state index < -0.39 is 0 Å². The molecule has 0 radical (unpaired) electrons. The zero-order valence-electron chi connectivity index (χ0n) is 10.9. The van der Waals surface area contributed by atoms with Crippen molar-refractivity contribution in [3.05, 3.63) is 23.9 Å². The van der Waals surface area contributed by atoms with Gasteiger partial charge < -0.3 is 15.5 Å². The van der Waals surface area contributed by atoms with Gasteiger partial charge >= 0.3 is 0 Å². The van der Waals surface area contributed by atoms with Gasteiger partial charge in [-0.25, -0.2) is 4.98 Å². The van der Waals surface area contributed by atoms with Crippen LogP contribution >= 0.6 is 0 Å². The summed E-state index contributed by atoms with van der Waals surface area (Å²) in [6.45, 7) is 7.44. The Morgan fingerprint density at radius 3 is 2.88 bits per heavy atom. The molecule has 2 N–H and O–H groups in total. The molecule has 17 heavy (non-hydrogen) atoms. The smallest absolute Gasteiger partial charge is 0.133 e. The van der Waals surface area contributed by atoms with Gasteiger partial charge in [0.25, 0.3) is 0 Å². The summed E-state index contributed by atoms with van der Waals surface area (Å²) in [7, 11) is 2.17. The quantitative estimate of drug-likeness (QED) is 0.836. The Labute approximate surface area is 103 Å². The first kappa shape index (κ1) is 12.3. The van der Waals surface area contributed by atoms with Crippen molar-refractivity contribution in [2.45, 2.75) is 25.9 Å². The van der Waals surface area contributed by atoms with Gasteiger partial charge in [0.2, 0.25) is 0 Å². The lowest BCUT2D eigenvalue weighted by Gasteiger charge is -2.40. The lowest BCUT2D eigenvalue weighted by molar-refractivity contribution is 0.274. The van der Waals surface area contributed by atoms with E-state index >= 15 is 0 Å². The van der Waals surface area contributed by atoms with Gasteiger partial charge in [-0.1, -0.05) is 6.07 Å². The van der Waals surface area contributed by atoms with Crippen LogP contribution in [0.3, 0.4) is 0 Å². The van der Waals surface area contributed by atoms with Crippen LogP contribution < -0.4 is 10.6 Å². The molecule has 0 aromatic carbocycles. The van der Waals surface area contributed by atoms with Crippen molar-refractivity contribution >= 4 is 5.82 Å². The van der Waals surface area contributed by atoms with Gasteiger partial charge in [-0.15, -0.1) is 0 Å². The summed E-state index contributed by atoms with van der Waals surface area (Å²) in [5, 5.41) is 0. The van der Waals surface area contributed by atoms with E-state index in [2.05, 4.69) is 34.8 Å². The van der Waals surface area contributed by atoms with Crippen LogP contribution in [0, 0.1) is 0 Å². The van der Waals surface area contributed by atoms with Gasteiger partial charge in [-0.05, 0) is 27.0 Å². The van der Waals surface area contributed by atoms with E-state index in [4.69, 9.17) is 5.73 Å². The third-order valence-corrected chi connectivity index (χ3v) is 3.41. The SMILES string of the molecule is CC(N)c1cccnc1N1CCN(C)CC1C. The van der Waals surface area contributed by atoms with Crippen LogP contribution in [0.25, 0.3) is 0 Å². The minimum Gasteiger partial charge on any atom is -0.351 e. The zero-order valence-corrected chi connectivity index (χ0v) is 10.9. The minimum absolute atomic E-state index is 0.0329. The topological polar surface area (TPSA) is 45.4 Å². The standard InChI is InChI=1S/C13H22N4/c1-10-9-16(3)7-8-17(10)13-12(11(2)14)5-4-6-15-13/h4-6,10-11H,7-9,14H2,1-3H3. The molecule has 1 aromatic rings. The number of hydrogen-bond donors (Lipinski definition) is 1. The van der Waals surface area contributed by atoms with Crippen molar-refractivity contribution in [1.29, 1.82) is 0 Å². The largest absolute Gasteiger partial charge is 0.351 e. The molecule has 94 valence electrons. The Morgan fingerprint density at radius 1 is 1.47 bits per heavy atom. The summed E-state index contributed by atoms with van der Waals surface area (Å²) in [5.41, 5.74) is 7.16. The summed E-state index contributed by atoms with van der Waals surface area (Å²) < 4.78 is 0. The molecule has 4 nitrogen and oxygen atoms in total. The van der Waals surface area contributed by atoms with Crippen LogP contribution in [0.4, 0.5) is 5.82 Å². The fourth-order valence-corrected chi connectivity index (χ4v) is 2.46. The van der Waals surface area contributed by atoms with Gasteiger partial charge in [-0.3, -0.25) is 0 Å². The number of hydrogen-bond acceptors (Lipinski definition) is 4. The maximum atomic E-state index is 6.02. The van der Waals surface area contributed by atoms with Crippen LogP contribution in [0.1, 0.15) is 25.5 Å². The molecular weight excluding hydrogens is 212 g/mol. The number of pyridine rings is 1. The van der Waals surface area contributed by atoms with Gasteiger partial charge in [-0.2, -0.15) is 0 Å². The van der Waals surface area contributed by atoms with Gasteiger partial charge in [0.1, 0.15) is 5.82 Å². The van der Waals surface area contributed by atoms with E-state index in [0.29, 0.717) is 6.04 Å². The molecule has 2 rings (SSSR count). The molecule has 0 saturated carbocycles. The minimum atomic E-state index is 0.0329. The molecular formula is C13H22N4. The average Bonchev–Trinajstić information content (AvgIpc) is 2.29. The van der Waals surface area contributed by atoms with Crippen LogP contribution in [0.15, 0.2) is 18.3 Å². The predicted molar refractivity (Wildman–Crippen MR) is 71.1 cm³/mol. The van der Waals surface area contributed by atoms with Crippen LogP contribution in [0.5, 0.6) is 0 Å². The first-order valence-electron chi connectivity index (χ1n) is 6.25. The van der Waals surface area contributed by atoms with Crippen molar-refractivity contribution in [2.75, 3.05) is 31.6 Å². The first-order valence-corrected chi connectivity index (χ1v) is 6.25. The lowest BCUT2D eigenvalue weighted by Crippen LogP contribution is -2.51. The highest BCUT2D eigenvalue weighted by molar-refractivity contribution is 5.49. The van der Waals surface area contributed by atoms with Gasteiger partial charge in [0.05, 0.1) is 0 Å². The highest BCUT2D eigenvalue weighted by Crippen LogP contribution is 2.25. The number of likely N-dealkylation sites (N-methyl/N-ethyl adjacent to an activating group) is 1. The third-order valence-electron chi connectivity index (χ3n) is 3.41. The van der Waals surface area contributed by atoms with Crippen molar-refractivity contribution in [3.63, 3.8) is 0 Å². The van der Waals surface area contributed by atoms with E-state index in [-0.39, 0.29) is 6.04 Å². The molecule has 0 bridgehead atoms. The Bertz CT molecular complexity index is 377. The third kappa shape index (κ3) is 2.58. The van der Waals surface area contributed by atoms with E-state index in [1.165, 1.54) is 0 Å². The van der Waals surface area contributed by atoms with E-state index in [9.17, 15) is 0 Å². The maximum absolute atomic E-state index is 6.02. The molecule has 4 heteroatoms. The highest BCUT2D eigenvalue weighted by atomic mass is 15.3. The second-order valence-electron chi connectivity index (χ2n) is 5.01. The Morgan fingerprint density at radius 2 is 2.24 bits per heavy atom. The van der Waals surface area contributed by atoms with Crippen molar-refractivity contribution < 1.29 is 0 Å². The molecule has 1 aliphatic heterocycles. The van der Waals surface area contributed by atoms with Crippen LogP contribution in [-0.4, -0.2) is 42.6 Å². The predicted octanol–water partition coefficient (Wildman–Crippen LogP) is 1.24. The van der Waals surface area contributed by atoms with Crippen molar-refractivity contribution in [3.8, 4) is 0 Å². The number of aromatic nitrogens is 1. The molecule has 2 unspecified atom stereocenters. The fourth-order valence-electron chi connectivity index (χ4n) is 2.46. The molecule has 0 spiro atoms. The van der Waals surface area contributed by atoms with E-state index in [1.807, 2.05) is 19.2 Å². The second-order valence-corrected chi connectivity index (χ2v) is 5.01. The molecule has 0 aliphatic carbocycles. The molecule has 1 fully saturated rings. The maximum Gasteiger partial charge on any atom is 0.133 e. The Kier molecular flexibility index (Phi) is 3.64.